The molecule has 1 fully saturated rings. The molecule has 1 N–H and O–H groups in total. The summed E-state index contributed by atoms with van der Waals surface area (Å²) < 4.78 is 0. The summed E-state index contributed by atoms with van der Waals surface area (Å²) in [6.45, 7) is 5.24. The maximum absolute atomic E-state index is 10.9. The molecular weight excluding hydrogens is 294 g/mol. The number of anilines is 2. The van der Waals surface area contributed by atoms with E-state index < -0.39 is 0 Å². The van der Waals surface area contributed by atoms with Crippen LogP contribution in [0.15, 0.2) is 42.5 Å². The lowest BCUT2D eigenvalue weighted by molar-refractivity contribution is -0.385. The van der Waals surface area contributed by atoms with Crippen LogP contribution in [0.25, 0.3) is 0 Å². The predicted octanol–water partition coefficient (Wildman–Crippen LogP) is 2.94. The molecule has 6 heteroatoms. The van der Waals surface area contributed by atoms with Crippen LogP contribution in [0, 0.1) is 17.0 Å². The molecular formula is C17H19N3O3. The Morgan fingerprint density at radius 3 is 2.00 bits per heavy atom. The van der Waals surface area contributed by atoms with Crippen molar-refractivity contribution in [3.63, 3.8) is 0 Å². The Bertz CT molecular complexity index is 708. The first-order valence-electron chi connectivity index (χ1n) is 7.58. The van der Waals surface area contributed by atoms with Crippen LogP contribution in [0.1, 0.15) is 5.56 Å². The molecule has 0 unspecified atom stereocenters. The van der Waals surface area contributed by atoms with E-state index in [1.165, 1.54) is 0 Å². The van der Waals surface area contributed by atoms with Gasteiger partial charge in [0.1, 0.15) is 5.75 Å². The van der Waals surface area contributed by atoms with Gasteiger partial charge in [-0.1, -0.05) is 0 Å². The molecule has 6 nitrogen and oxygen atoms in total. The molecule has 1 saturated heterocycles. The van der Waals surface area contributed by atoms with Crippen molar-refractivity contribution >= 4 is 17.1 Å². The van der Waals surface area contributed by atoms with E-state index in [2.05, 4.69) is 9.80 Å². The molecule has 0 spiro atoms. The molecule has 1 heterocycles. The minimum atomic E-state index is -0.345. The number of hydrogen-bond donors (Lipinski definition) is 1. The van der Waals surface area contributed by atoms with E-state index in [4.69, 9.17) is 0 Å². The SMILES string of the molecule is Cc1cc(N2CCN(c3ccc(O)cc3)CC2)ccc1[N+](=O)[O-]. The highest BCUT2D eigenvalue weighted by atomic mass is 16.6. The van der Waals surface area contributed by atoms with Crippen molar-refractivity contribution in [2.24, 2.45) is 0 Å². The molecule has 0 aromatic heterocycles. The van der Waals surface area contributed by atoms with Crippen LogP contribution in [0.5, 0.6) is 5.75 Å². The van der Waals surface area contributed by atoms with E-state index in [0.29, 0.717) is 5.56 Å². The van der Waals surface area contributed by atoms with E-state index in [1.54, 1.807) is 25.1 Å². The first-order chi connectivity index (χ1) is 11.0. The average molecular weight is 313 g/mol. The average Bonchev–Trinajstić information content (AvgIpc) is 2.55. The van der Waals surface area contributed by atoms with Crippen molar-refractivity contribution in [1.82, 2.24) is 0 Å². The van der Waals surface area contributed by atoms with Crippen LogP contribution in [-0.4, -0.2) is 36.2 Å². The van der Waals surface area contributed by atoms with Gasteiger partial charge in [-0.05, 0) is 43.3 Å². The summed E-state index contributed by atoms with van der Waals surface area (Å²) in [5.41, 5.74) is 2.98. The van der Waals surface area contributed by atoms with Gasteiger partial charge in [-0.2, -0.15) is 0 Å². The maximum atomic E-state index is 10.9. The van der Waals surface area contributed by atoms with Gasteiger partial charge in [0.15, 0.2) is 0 Å². The van der Waals surface area contributed by atoms with Crippen LogP contribution in [0.4, 0.5) is 17.1 Å². The number of nitrogens with zero attached hydrogens (tertiary/aromatic N) is 3. The summed E-state index contributed by atoms with van der Waals surface area (Å²) in [5, 5.41) is 20.3. The van der Waals surface area contributed by atoms with Gasteiger partial charge in [0.2, 0.25) is 0 Å². The summed E-state index contributed by atoms with van der Waals surface area (Å²) in [4.78, 5) is 15.1. The Morgan fingerprint density at radius 1 is 0.957 bits per heavy atom. The minimum absolute atomic E-state index is 0.163. The van der Waals surface area contributed by atoms with Crippen molar-refractivity contribution in [2.45, 2.75) is 6.92 Å². The number of benzene rings is 2. The second kappa shape index (κ2) is 6.16. The quantitative estimate of drug-likeness (QED) is 0.697. The standard InChI is InChI=1S/C17H19N3O3/c1-13-12-15(4-7-17(13)20(22)23)19-10-8-18(9-11-19)14-2-5-16(21)6-3-14/h2-7,12,21H,8-11H2,1H3. The number of phenolic OH excluding ortho intramolecular Hbond substituents is 1. The maximum Gasteiger partial charge on any atom is 0.272 e. The number of nitro groups is 1. The molecule has 120 valence electrons. The van der Waals surface area contributed by atoms with E-state index >= 15 is 0 Å². The van der Waals surface area contributed by atoms with Crippen molar-refractivity contribution in [3.8, 4) is 5.75 Å². The third-order valence-corrected chi connectivity index (χ3v) is 4.24. The van der Waals surface area contributed by atoms with Crippen molar-refractivity contribution < 1.29 is 10.0 Å². The highest BCUT2D eigenvalue weighted by Crippen LogP contribution is 2.26. The molecule has 1 aliphatic rings. The number of aryl methyl sites for hydroxylation is 1. The summed E-state index contributed by atoms with van der Waals surface area (Å²) in [7, 11) is 0. The molecule has 0 amide bonds. The molecule has 0 saturated carbocycles. The lowest BCUT2D eigenvalue weighted by atomic mass is 10.1. The fourth-order valence-corrected chi connectivity index (χ4v) is 2.93. The number of hydrogen-bond acceptors (Lipinski definition) is 5. The van der Waals surface area contributed by atoms with E-state index in [1.807, 2.05) is 24.3 Å². The van der Waals surface area contributed by atoms with Gasteiger partial charge in [-0.15, -0.1) is 0 Å². The second-order valence-electron chi connectivity index (χ2n) is 5.72. The molecule has 0 atom stereocenters. The summed E-state index contributed by atoms with van der Waals surface area (Å²) in [5.74, 6) is 0.272. The summed E-state index contributed by atoms with van der Waals surface area (Å²) in [6.07, 6.45) is 0. The molecule has 0 aliphatic carbocycles. The van der Waals surface area contributed by atoms with Crippen molar-refractivity contribution in [1.29, 1.82) is 0 Å². The zero-order chi connectivity index (χ0) is 16.4. The second-order valence-corrected chi connectivity index (χ2v) is 5.72. The van der Waals surface area contributed by atoms with Crippen molar-refractivity contribution in [3.05, 3.63) is 58.1 Å². The van der Waals surface area contributed by atoms with Gasteiger partial charge >= 0.3 is 0 Å². The Balaban J connectivity index is 1.68. The Morgan fingerprint density at radius 2 is 1.48 bits per heavy atom. The normalized spacial score (nSPS) is 14.8. The third-order valence-electron chi connectivity index (χ3n) is 4.24. The van der Waals surface area contributed by atoms with Crippen LogP contribution in [-0.2, 0) is 0 Å². The fraction of sp³-hybridized carbons (Fsp3) is 0.294. The highest BCUT2D eigenvalue weighted by Gasteiger charge is 2.19. The largest absolute Gasteiger partial charge is 0.508 e. The topological polar surface area (TPSA) is 69.8 Å². The van der Waals surface area contributed by atoms with Gasteiger partial charge < -0.3 is 14.9 Å². The van der Waals surface area contributed by atoms with Crippen LogP contribution < -0.4 is 9.80 Å². The van der Waals surface area contributed by atoms with Crippen LogP contribution in [0.2, 0.25) is 0 Å². The van der Waals surface area contributed by atoms with E-state index in [-0.39, 0.29) is 16.4 Å². The van der Waals surface area contributed by atoms with Gasteiger partial charge in [0.25, 0.3) is 5.69 Å². The molecule has 2 aromatic carbocycles. The van der Waals surface area contributed by atoms with E-state index in [0.717, 1.165) is 37.6 Å². The Labute approximate surface area is 134 Å². The summed E-state index contributed by atoms with van der Waals surface area (Å²) >= 11 is 0. The van der Waals surface area contributed by atoms with Crippen LogP contribution in [0.3, 0.4) is 0 Å². The third kappa shape index (κ3) is 3.21. The molecule has 1 aliphatic heterocycles. The molecule has 23 heavy (non-hydrogen) atoms. The first kappa shape index (κ1) is 15.1. The van der Waals surface area contributed by atoms with Gasteiger partial charge in [0, 0.05) is 49.2 Å². The van der Waals surface area contributed by atoms with Crippen LogP contribution >= 0.6 is 0 Å². The molecule has 0 radical (unpaired) electrons. The monoisotopic (exact) mass is 313 g/mol. The number of aromatic hydroxyl groups is 1. The fourth-order valence-electron chi connectivity index (χ4n) is 2.93. The molecule has 2 aromatic rings. The summed E-state index contributed by atoms with van der Waals surface area (Å²) in [6, 6.07) is 12.5. The van der Waals surface area contributed by atoms with Crippen molar-refractivity contribution in [2.75, 3.05) is 36.0 Å². The van der Waals surface area contributed by atoms with Gasteiger partial charge in [-0.25, -0.2) is 0 Å². The Kier molecular flexibility index (Phi) is 4.06. The molecule has 3 rings (SSSR count). The lowest BCUT2D eigenvalue weighted by Gasteiger charge is -2.37. The first-order valence-corrected chi connectivity index (χ1v) is 7.58. The zero-order valence-corrected chi connectivity index (χ0v) is 13.0. The minimum Gasteiger partial charge on any atom is -0.508 e. The smallest absolute Gasteiger partial charge is 0.272 e. The molecule has 0 bridgehead atoms. The number of piperazine rings is 1. The zero-order valence-electron chi connectivity index (χ0n) is 13.0. The Hall–Kier alpha value is -2.76. The highest BCUT2D eigenvalue weighted by molar-refractivity contribution is 5.57. The number of phenols is 1. The number of rotatable bonds is 3. The lowest BCUT2D eigenvalue weighted by Crippen LogP contribution is -2.46. The number of nitro benzene ring substituents is 1. The van der Waals surface area contributed by atoms with Gasteiger partial charge in [-0.3, -0.25) is 10.1 Å². The van der Waals surface area contributed by atoms with Gasteiger partial charge in [0.05, 0.1) is 4.92 Å². The predicted molar refractivity (Wildman–Crippen MR) is 90.4 cm³/mol. The van der Waals surface area contributed by atoms with E-state index in [9.17, 15) is 15.2 Å².